The number of alkyl halides is 3. The predicted molar refractivity (Wildman–Crippen MR) is 173 cm³/mol. The van der Waals surface area contributed by atoms with E-state index in [0.29, 0.717) is 16.5 Å². The van der Waals surface area contributed by atoms with Crippen molar-refractivity contribution >= 4 is 46.4 Å². The topological polar surface area (TPSA) is 118 Å². The number of carbonyl (C=O) groups excluding carboxylic acids is 1. The fourth-order valence-electron chi connectivity index (χ4n) is 6.02. The summed E-state index contributed by atoms with van der Waals surface area (Å²) in [6.07, 6.45) is -3.32. The van der Waals surface area contributed by atoms with Crippen molar-refractivity contribution in [2.75, 3.05) is 10.8 Å². The number of nitrogens with two attached hydrogens (primary N) is 1. The van der Waals surface area contributed by atoms with Gasteiger partial charge in [-0.15, -0.1) is 0 Å². The summed E-state index contributed by atoms with van der Waals surface area (Å²) in [6, 6.07) is 12.7. The molecule has 1 aliphatic carbocycles. The van der Waals surface area contributed by atoms with E-state index in [1.165, 1.54) is 30.3 Å². The number of furan rings is 1. The molecule has 1 atom stereocenters. The van der Waals surface area contributed by atoms with Crippen molar-refractivity contribution in [2.24, 2.45) is 5.73 Å². The third-order valence-corrected chi connectivity index (χ3v) is 10.2. The van der Waals surface area contributed by atoms with E-state index in [1.807, 2.05) is 0 Å². The number of fused-ring (bicyclic) bond motifs is 1. The van der Waals surface area contributed by atoms with Gasteiger partial charge in [0.25, 0.3) is 5.91 Å². The number of primary amides is 1. The normalized spacial score (nSPS) is 18.0. The van der Waals surface area contributed by atoms with Crippen LogP contribution < -0.4 is 15.5 Å². The summed E-state index contributed by atoms with van der Waals surface area (Å²) in [7, 11) is -1.00. The van der Waals surface area contributed by atoms with Crippen LogP contribution in [0, 0.1) is 5.82 Å². The van der Waals surface area contributed by atoms with Gasteiger partial charge in [-0.1, -0.05) is 24.3 Å². The first kappa shape index (κ1) is 34.2. The number of anilines is 1. The number of hydrogen-bond donors (Lipinski definition) is 1. The Bertz CT molecular complexity index is 1890. The van der Waals surface area contributed by atoms with Gasteiger partial charge in [0.15, 0.2) is 0 Å². The number of rotatable bonds is 10. The summed E-state index contributed by atoms with van der Waals surface area (Å²) in [5, 5.41) is 0.402. The molecule has 1 amide bonds. The van der Waals surface area contributed by atoms with Crippen LogP contribution in [0.1, 0.15) is 84.8 Å². The Morgan fingerprint density at radius 3 is 2.25 bits per heavy atom. The van der Waals surface area contributed by atoms with Gasteiger partial charge in [-0.05, 0) is 99.3 Å². The molecule has 4 aromatic rings. The third kappa shape index (κ3) is 6.63. The Kier molecular flexibility index (Phi) is 8.76. The highest BCUT2D eigenvalue weighted by Gasteiger charge is 2.52. The number of nitrogens with zero attached hydrogens (tertiary/aromatic N) is 1. The summed E-state index contributed by atoms with van der Waals surface area (Å²) in [4.78, 5) is 12.6. The molecule has 48 heavy (non-hydrogen) atoms. The zero-order chi connectivity index (χ0) is 34.8. The Morgan fingerprint density at radius 1 is 1.04 bits per heavy atom. The monoisotopic (exact) mass is 685 g/mol. The first-order chi connectivity index (χ1) is 22.4. The lowest BCUT2D eigenvalue weighted by molar-refractivity contribution is -0.138. The molecular formula is C34H34BF4N2O6S-. The standard InChI is InChI=1S/C34H35BF4N2O6S/c1-32(2)33(3,4)47-35(46-32)22-10-9-21(26(16-22)34(37,38)39)13-14-41(48(43)44)27-18-28-25(17-24(27)20-7-8-20)30(31(40)42)29(45-28)15-19-5-11-23(36)12-6-19/h5-6,9-12,16-18,20H,7-8,13-15H2,1-4H3,(H2,40,42)(H,43,44)/p-1. The smallest absolute Gasteiger partial charge is 0.494 e. The Balaban J connectivity index is 1.34. The molecule has 6 rings (SSSR count). The molecule has 2 N–H and O–H groups in total. The molecule has 1 aromatic heterocycles. The van der Waals surface area contributed by atoms with E-state index in [0.717, 1.165) is 23.2 Å². The molecule has 2 heterocycles. The SMILES string of the molecule is CC1(C)OB(c2ccc(CCN(c3cc4oc(Cc5ccc(F)cc5)c(C(N)=O)c4cc3C3CC3)S(=O)[O-])c(C(F)(F)F)c2)OC1(C)C. The maximum atomic E-state index is 14.4. The van der Waals surface area contributed by atoms with Crippen LogP contribution in [-0.4, -0.2) is 39.5 Å². The highest BCUT2D eigenvalue weighted by Crippen LogP contribution is 2.47. The molecule has 14 heteroatoms. The lowest BCUT2D eigenvalue weighted by atomic mass is 9.77. The second-order valence-electron chi connectivity index (χ2n) is 13.3. The van der Waals surface area contributed by atoms with Crippen LogP contribution in [-0.2, 0) is 39.6 Å². The van der Waals surface area contributed by atoms with Gasteiger partial charge in [0.1, 0.15) is 17.2 Å². The minimum Gasteiger partial charge on any atom is -0.755 e. The summed E-state index contributed by atoms with van der Waals surface area (Å²) in [6.45, 7) is 6.93. The van der Waals surface area contributed by atoms with Crippen molar-refractivity contribution in [3.05, 3.63) is 94.0 Å². The molecule has 1 unspecified atom stereocenters. The van der Waals surface area contributed by atoms with Gasteiger partial charge in [-0.3, -0.25) is 9.00 Å². The number of carbonyl (C=O) groups is 1. The molecule has 8 nitrogen and oxygen atoms in total. The Hall–Kier alpha value is -3.72. The van der Waals surface area contributed by atoms with Crippen LogP contribution >= 0.6 is 0 Å². The second-order valence-corrected chi connectivity index (χ2v) is 14.2. The van der Waals surface area contributed by atoms with Crippen LogP contribution in [0.25, 0.3) is 11.0 Å². The van der Waals surface area contributed by atoms with Crippen molar-refractivity contribution in [3.63, 3.8) is 0 Å². The Labute approximate surface area is 278 Å². The van der Waals surface area contributed by atoms with Gasteiger partial charge in [0, 0.05) is 35.7 Å². The van der Waals surface area contributed by atoms with Gasteiger partial charge < -0.3 is 28.3 Å². The molecular weight excluding hydrogens is 651 g/mol. The van der Waals surface area contributed by atoms with Crippen LogP contribution in [0.5, 0.6) is 0 Å². The van der Waals surface area contributed by atoms with Crippen LogP contribution in [0.15, 0.2) is 59.0 Å². The van der Waals surface area contributed by atoms with Crippen molar-refractivity contribution in [1.82, 2.24) is 0 Å². The van der Waals surface area contributed by atoms with Gasteiger partial charge in [0.05, 0.1) is 28.0 Å². The number of halogens is 4. The molecule has 0 radical (unpaired) electrons. The summed E-state index contributed by atoms with van der Waals surface area (Å²) in [5.41, 5.74) is 5.31. The van der Waals surface area contributed by atoms with Crippen molar-refractivity contribution in [3.8, 4) is 0 Å². The fraction of sp³-hybridized carbons (Fsp3) is 0.382. The molecule has 254 valence electrons. The number of benzene rings is 3. The van der Waals surface area contributed by atoms with Gasteiger partial charge in [-0.2, -0.15) is 13.2 Å². The van der Waals surface area contributed by atoms with E-state index in [4.69, 9.17) is 19.5 Å². The maximum Gasteiger partial charge on any atom is 0.494 e. The lowest BCUT2D eigenvalue weighted by Gasteiger charge is -2.32. The fourth-order valence-corrected chi connectivity index (χ4v) is 6.58. The first-order valence-electron chi connectivity index (χ1n) is 15.5. The predicted octanol–water partition coefficient (Wildman–Crippen LogP) is 6.30. The van der Waals surface area contributed by atoms with Crippen LogP contribution in [0.2, 0.25) is 0 Å². The van der Waals surface area contributed by atoms with Gasteiger partial charge in [-0.25, -0.2) is 4.39 Å². The van der Waals surface area contributed by atoms with E-state index in [-0.39, 0.29) is 58.9 Å². The van der Waals surface area contributed by atoms with Crippen molar-refractivity contribution in [1.29, 1.82) is 0 Å². The summed E-state index contributed by atoms with van der Waals surface area (Å²) >= 11 is -2.87. The van der Waals surface area contributed by atoms with E-state index in [1.54, 1.807) is 45.9 Å². The van der Waals surface area contributed by atoms with Crippen molar-refractivity contribution in [2.45, 2.75) is 76.7 Å². The third-order valence-electron chi connectivity index (χ3n) is 9.45. The zero-order valence-electron chi connectivity index (χ0n) is 26.8. The largest absolute Gasteiger partial charge is 0.755 e. The minimum absolute atomic E-state index is 0.0171. The number of hydrogen-bond acceptors (Lipinski definition) is 6. The lowest BCUT2D eigenvalue weighted by Crippen LogP contribution is -2.41. The molecule has 3 aromatic carbocycles. The van der Waals surface area contributed by atoms with Crippen molar-refractivity contribution < 1.29 is 44.8 Å². The maximum absolute atomic E-state index is 14.4. The van der Waals surface area contributed by atoms with E-state index >= 15 is 0 Å². The highest BCUT2D eigenvalue weighted by molar-refractivity contribution is 7.80. The zero-order valence-corrected chi connectivity index (χ0v) is 27.6. The van der Waals surface area contributed by atoms with E-state index in [9.17, 15) is 31.1 Å². The van der Waals surface area contributed by atoms with Crippen LogP contribution in [0.3, 0.4) is 0 Å². The quantitative estimate of drug-likeness (QED) is 0.119. The average molecular weight is 686 g/mol. The molecule has 0 bridgehead atoms. The van der Waals surface area contributed by atoms with E-state index in [2.05, 4.69) is 0 Å². The summed E-state index contributed by atoms with van der Waals surface area (Å²) in [5.74, 6) is -0.953. The second kappa shape index (κ2) is 12.3. The molecule has 1 saturated heterocycles. The Morgan fingerprint density at radius 2 is 1.69 bits per heavy atom. The van der Waals surface area contributed by atoms with E-state index < -0.39 is 53.1 Å². The molecule has 1 saturated carbocycles. The molecule has 0 spiro atoms. The first-order valence-corrected chi connectivity index (χ1v) is 16.5. The van der Waals surface area contributed by atoms with Crippen LogP contribution in [0.4, 0.5) is 23.2 Å². The molecule has 2 fully saturated rings. The average Bonchev–Trinajstić information content (AvgIpc) is 3.73. The number of amides is 1. The highest BCUT2D eigenvalue weighted by atomic mass is 32.2. The van der Waals surface area contributed by atoms with Gasteiger partial charge >= 0.3 is 13.3 Å². The minimum atomic E-state index is -4.73. The molecule has 2 aliphatic rings. The molecule has 1 aliphatic heterocycles. The van der Waals surface area contributed by atoms with Gasteiger partial charge in [0.2, 0.25) is 0 Å². The summed E-state index contributed by atoms with van der Waals surface area (Å²) < 4.78 is 101.